The van der Waals surface area contributed by atoms with Gasteiger partial charge >= 0.3 is 18.0 Å². The topological polar surface area (TPSA) is 107 Å². The SMILES string of the molecule is COC(=O)C1=C(C(=O)OC)N(c2cccc(F)c2NC2CCN(C(=O)OC(C)(C)C)CC2)COC1. The summed E-state index contributed by atoms with van der Waals surface area (Å²) in [4.78, 5) is 40.3. The Hall–Kier alpha value is -3.34. The van der Waals surface area contributed by atoms with Crippen molar-refractivity contribution in [2.24, 2.45) is 0 Å². The maximum absolute atomic E-state index is 15.0. The molecule has 1 fully saturated rings. The second-order valence-electron chi connectivity index (χ2n) is 9.24. The van der Waals surface area contributed by atoms with E-state index >= 15 is 4.39 Å². The molecule has 35 heavy (non-hydrogen) atoms. The predicted octanol–water partition coefficient (Wildman–Crippen LogP) is 3.03. The van der Waals surface area contributed by atoms with Crippen molar-refractivity contribution in [1.82, 2.24) is 4.90 Å². The van der Waals surface area contributed by atoms with Gasteiger partial charge in [-0.25, -0.2) is 18.8 Å². The molecule has 1 aromatic rings. The minimum atomic E-state index is -0.769. The van der Waals surface area contributed by atoms with Crippen molar-refractivity contribution in [1.29, 1.82) is 0 Å². The van der Waals surface area contributed by atoms with E-state index in [2.05, 4.69) is 5.32 Å². The Labute approximate surface area is 203 Å². The van der Waals surface area contributed by atoms with Crippen LogP contribution in [0.25, 0.3) is 0 Å². The number of nitrogens with zero attached hydrogens (tertiary/aromatic N) is 2. The van der Waals surface area contributed by atoms with Gasteiger partial charge in [-0.1, -0.05) is 6.07 Å². The van der Waals surface area contributed by atoms with Crippen LogP contribution in [0, 0.1) is 5.82 Å². The molecule has 0 atom stereocenters. The van der Waals surface area contributed by atoms with E-state index in [0.29, 0.717) is 31.6 Å². The number of anilines is 2. The number of para-hydroxylation sites is 1. The molecule has 2 aliphatic heterocycles. The Balaban J connectivity index is 1.84. The number of carbonyl (C=O) groups excluding carboxylic acids is 3. The Bertz CT molecular complexity index is 997. The van der Waals surface area contributed by atoms with E-state index in [0.717, 1.165) is 0 Å². The molecule has 2 aliphatic rings. The zero-order chi connectivity index (χ0) is 25.8. The maximum atomic E-state index is 15.0. The average Bonchev–Trinajstić information content (AvgIpc) is 2.83. The minimum absolute atomic E-state index is 0.0218. The number of hydrogen-bond donors (Lipinski definition) is 1. The number of piperidine rings is 1. The number of halogens is 1. The summed E-state index contributed by atoms with van der Waals surface area (Å²) < 4.78 is 35.7. The van der Waals surface area contributed by atoms with Crippen LogP contribution in [0.3, 0.4) is 0 Å². The number of methoxy groups -OCH3 is 2. The standard InChI is InChI=1S/C24H32FN3O7/c1-24(2,3)35-23(31)27-11-9-15(10-12-27)26-19-17(25)7-6-8-18(19)28-14-34-13-16(21(29)32-4)20(28)22(30)33-5/h6-8,15,26H,9-14H2,1-5H3. The van der Waals surface area contributed by atoms with Gasteiger partial charge in [0, 0.05) is 19.1 Å². The van der Waals surface area contributed by atoms with Crippen molar-refractivity contribution in [2.45, 2.75) is 45.3 Å². The number of hydrogen-bond acceptors (Lipinski definition) is 9. The van der Waals surface area contributed by atoms with Gasteiger partial charge in [0.25, 0.3) is 0 Å². The summed E-state index contributed by atoms with van der Waals surface area (Å²) in [5.74, 6) is -2.04. The van der Waals surface area contributed by atoms with E-state index in [9.17, 15) is 14.4 Å². The highest BCUT2D eigenvalue weighted by Crippen LogP contribution is 2.35. The van der Waals surface area contributed by atoms with E-state index in [4.69, 9.17) is 18.9 Å². The molecule has 0 aliphatic carbocycles. The summed E-state index contributed by atoms with van der Waals surface area (Å²) in [6, 6.07) is 4.28. The zero-order valence-corrected chi connectivity index (χ0v) is 20.7. The third-order valence-electron chi connectivity index (χ3n) is 5.61. The molecule has 11 heteroatoms. The van der Waals surface area contributed by atoms with Gasteiger partial charge in [-0.3, -0.25) is 0 Å². The molecule has 1 N–H and O–H groups in total. The fourth-order valence-corrected chi connectivity index (χ4v) is 3.95. The van der Waals surface area contributed by atoms with E-state index < -0.39 is 23.4 Å². The highest BCUT2D eigenvalue weighted by Gasteiger charge is 2.34. The molecule has 0 saturated carbocycles. The van der Waals surface area contributed by atoms with Crippen molar-refractivity contribution in [2.75, 3.05) is 50.9 Å². The largest absolute Gasteiger partial charge is 0.466 e. The van der Waals surface area contributed by atoms with Gasteiger partial charge in [0.05, 0.1) is 37.8 Å². The highest BCUT2D eigenvalue weighted by atomic mass is 19.1. The first-order valence-corrected chi connectivity index (χ1v) is 11.3. The molecule has 2 heterocycles. The second kappa shape index (κ2) is 10.9. The molecule has 192 valence electrons. The van der Waals surface area contributed by atoms with Gasteiger partial charge in [0.1, 0.15) is 23.8 Å². The van der Waals surface area contributed by atoms with Crippen LogP contribution in [0.2, 0.25) is 0 Å². The van der Waals surface area contributed by atoms with Crippen molar-refractivity contribution in [3.63, 3.8) is 0 Å². The summed E-state index contributed by atoms with van der Waals surface area (Å²) in [5, 5.41) is 3.22. The molecule has 0 spiro atoms. The van der Waals surface area contributed by atoms with E-state index in [1.807, 2.05) is 20.8 Å². The van der Waals surface area contributed by atoms with Crippen LogP contribution >= 0.6 is 0 Å². The first-order chi connectivity index (χ1) is 16.6. The predicted molar refractivity (Wildman–Crippen MR) is 125 cm³/mol. The average molecular weight is 494 g/mol. The minimum Gasteiger partial charge on any atom is -0.466 e. The van der Waals surface area contributed by atoms with Crippen LogP contribution < -0.4 is 10.2 Å². The Kier molecular flexibility index (Phi) is 8.21. The normalized spacial score (nSPS) is 17.2. The lowest BCUT2D eigenvalue weighted by Gasteiger charge is -2.36. The Morgan fingerprint density at radius 2 is 1.74 bits per heavy atom. The molecule has 0 radical (unpaired) electrons. The lowest BCUT2D eigenvalue weighted by Crippen LogP contribution is -2.45. The molecule has 1 amide bonds. The van der Waals surface area contributed by atoms with Crippen LogP contribution in [0.5, 0.6) is 0 Å². The monoisotopic (exact) mass is 493 g/mol. The summed E-state index contributed by atoms with van der Waals surface area (Å²) in [6.07, 6.45) is 0.754. The van der Waals surface area contributed by atoms with Crippen molar-refractivity contribution in [3.8, 4) is 0 Å². The van der Waals surface area contributed by atoms with Crippen LogP contribution in [0.1, 0.15) is 33.6 Å². The fraction of sp³-hybridized carbons (Fsp3) is 0.542. The number of likely N-dealkylation sites (tertiary alicyclic amines) is 1. The number of rotatable bonds is 5. The molecule has 1 aromatic carbocycles. The van der Waals surface area contributed by atoms with Crippen molar-refractivity contribution < 1.29 is 37.7 Å². The summed E-state index contributed by atoms with van der Waals surface area (Å²) >= 11 is 0. The molecular weight excluding hydrogens is 461 g/mol. The van der Waals surface area contributed by atoms with Gasteiger partial charge in [0.2, 0.25) is 0 Å². The lowest BCUT2D eigenvalue weighted by atomic mass is 10.0. The molecule has 0 bridgehead atoms. The van der Waals surface area contributed by atoms with E-state index in [1.54, 1.807) is 11.0 Å². The number of benzene rings is 1. The third kappa shape index (κ3) is 6.21. The quantitative estimate of drug-likeness (QED) is 0.489. The second-order valence-corrected chi connectivity index (χ2v) is 9.24. The van der Waals surface area contributed by atoms with Gasteiger partial charge in [0.15, 0.2) is 0 Å². The van der Waals surface area contributed by atoms with Crippen LogP contribution in [0.4, 0.5) is 20.6 Å². The molecule has 0 aromatic heterocycles. The molecule has 3 rings (SSSR count). The summed E-state index contributed by atoms with van der Waals surface area (Å²) in [6.45, 7) is 6.09. The van der Waals surface area contributed by atoms with Crippen LogP contribution in [-0.2, 0) is 28.5 Å². The van der Waals surface area contributed by atoms with E-state index in [-0.39, 0.29) is 42.4 Å². The number of nitrogens with one attached hydrogen (secondary N) is 1. The first-order valence-electron chi connectivity index (χ1n) is 11.3. The molecule has 10 nitrogen and oxygen atoms in total. The van der Waals surface area contributed by atoms with Crippen LogP contribution in [-0.4, -0.2) is 75.2 Å². The maximum Gasteiger partial charge on any atom is 0.410 e. The molecule has 1 saturated heterocycles. The molecule has 0 unspecified atom stereocenters. The number of ether oxygens (including phenoxy) is 4. The van der Waals surface area contributed by atoms with Gasteiger partial charge in [-0.05, 0) is 45.7 Å². The number of amides is 1. The third-order valence-corrected chi connectivity index (χ3v) is 5.61. The fourth-order valence-electron chi connectivity index (χ4n) is 3.95. The molecular formula is C24H32FN3O7. The summed E-state index contributed by atoms with van der Waals surface area (Å²) in [7, 11) is 2.39. The van der Waals surface area contributed by atoms with Crippen LogP contribution in [0.15, 0.2) is 29.5 Å². The zero-order valence-electron chi connectivity index (χ0n) is 20.7. The highest BCUT2D eigenvalue weighted by molar-refractivity contribution is 6.04. The number of carbonyl (C=O) groups is 3. The lowest BCUT2D eigenvalue weighted by molar-refractivity contribution is -0.140. The van der Waals surface area contributed by atoms with Crippen molar-refractivity contribution >= 4 is 29.4 Å². The van der Waals surface area contributed by atoms with Gasteiger partial charge < -0.3 is 34.1 Å². The first kappa shape index (κ1) is 26.3. The van der Waals surface area contributed by atoms with Gasteiger partial charge in [-0.15, -0.1) is 0 Å². The van der Waals surface area contributed by atoms with Crippen molar-refractivity contribution in [3.05, 3.63) is 35.3 Å². The Morgan fingerprint density at radius 1 is 1.09 bits per heavy atom. The van der Waals surface area contributed by atoms with Gasteiger partial charge in [-0.2, -0.15) is 0 Å². The Morgan fingerprint density at radius 3 is 2.34 bits per heavy atom. The smallest absolute Gasteiger partial charge is 0.410 e. The van der Waals surface area contributed by atoms with E-state index in [1.165, 1.54) is 31.3 Å². The number of esters is 2. The summed E-state index contributed by atoms with van der Waals surface area (Å²) in [5.41, 5.74) is -0.218.